The van der Waals surface area contributed by atoms with Crippen LogP contribution >= 0.6 is 15.9 Å². The number of phenols is 1. The normalized spacial score (nSPS) is 13.6. The van der Waals surface area contributed by atoms with E-state index >= 15 is 0 Å². The Balaban J connectivity index is 2.76. The Kier molecular flexibility index (Phi) is 7.87. The molecule has 0 aromatic heterocycles. The van der Waals surface area contributed by atoms with E-state index < -0.39 is 12.2 Å². The molecule has 0 saturated heterocycles. The average Bonchev–Trinajstić information content (AvgIpc) is 2.48. The lowest BCUT2D eigenvalue weighted by molar-refractivity contribution is 0.122. The van der Waals surface area contributed by atoms with Gasteiger partial charge < -0.3 is 20.4 Å². The van der Waals surface area contributed by atoms with Crippen LogP contribution in [0.25, 0.3) is 0 Å². The number of aliphatic hydroxyl groups excluding tert-OH is 3. The van der Waals surface area contributed by atoms with Crippen molar-refractivity contribution in [1.82, 2.24) is 0 Å². The van der Waals surface area contributed by atoms with Crippen LogP contribution in [0.2, 0.25) is 0 Å². The molecule has 2 atom stereocenters. The lowest BCUT2D eigenvalue weighted by Gasteiger charge is -2.14. The van der Waals surface area contributed by atoms with Gasteiger partial charge in [0.25, 0.3) is 0 Å². The van der Waals surface area contributed by atoms with E-state index in [1.54, 1.807) is 18.2 Å². The lowest BCUT2D eigenvalue weighted by Crippen LogP contribution is -2.16. The van der Waals surface area contributed by atoms with Crippen molar-refractivity contribution in [1.29, 1.82) is 0 Å². The van der Waals surface area contributed by atoms with Crippen molar-refractivity contribution < 1.29 is 20.4 Å². The minimum absolute atomic E-state index is 0.0330. The first-order valence-electron chi connectivity index (χ1n) is 7.23. The Bertz CT molecular complexity index is 548. The van der Waals surface area contributed by atoms with Crippen LogP contribution in [0.4, 0.5) is 0 Å². The Hall–Kier alpha value is -1.10. The Morgan fingerprint density at radius 1 is 1.32 bits per heavy atom. The van der Waals surface area contributed by atoms with E-state index in [2.05, 4.69) is 21.7 Å². The molecule has 0 amide bonds. The van der Waals surface area contributed by atoms with Gasteiger partial charge in [0.1, 0.15) is 5.75 Å². The summed E-state index contributed by atoms with van der Waals surface area (Å²) in [5.41, 5.74) is 3.94. The standard InChI is InChI=1S/C17H23BrO4/c1-11(2)17(22)8-12(10-19)4-3-5-15(20)14-9-13(18)6-7-16(14)21/h3,6-7,9,11,15,17,19-22H,5,8,10H2,1-2H3/t4?,15-,17-/m1/s1. The third kappa shape index (κ3) is 5.95. The number of rotatable bonds is 7. The third-order valence-corrected chi connectivity index (χ3v) is 3.91. The second-order valence-corrected chi connectivity index (χ2v) is 6.50. The van der Waals surface area contributed by atoms with Gasteiger partial charge in [-0.2, -0.15) is 0 Å². The van der Waals surface area contributed by atoms with Crippen molar-refractivity contribution in [3.63, 3.8) is 0 Å². The van der Waals surface area contributed by atoms with Gasteiger partial charge in [-0.25, -0.2) is 0 Å². The van der Waals surface area contributed by atoms with Crippen LogP contribution in [0.3, 0.4) is 0 Å². The van der Waals surface area contributed by atoms with Crippen LogP contribution in [0, 0.1) is 5.92 Å². The van der Waals surface area contributed by atoms with Gasteiger partial charge in [0, 0.05) is 22.9 Å². The predicted octanol–water partition coefficient (Wildman–Crippen LogP) is 3.06. The minimum Gasteiger partial charge on any atom is -0.508 e. The van der Waals surface area contributed by atoms with Crippen LogP contribution < -0.4 is 0 Å². The first-order valence-corrected chi connectivity index (χ1v) is 8.02. The SMILES string of the molecule is CC(C)[C@H](O)CC(=C=CC[C@@H](O)c1cc(Br)ccc1O)CO. The molecule has 0 spiro atoms. The van der Waals surface area contributed by atoms with Crippen molar-refractivity contribution in [2.45, 2.75) is 38.9 Å². The Morgan fingerprint density at radius 2 is 2.00 bits per heavy atom. The largest absolute Gasteiger partial charge is 0.508 e. The second kappa shape index (κ2) is 9.13. The second-order valence-electron chi connectivity index (χ2n) is 5.58. The summed E-state index contributed by atoms with van der Waals surface area (Å²) >= 11 is 3.29. The smallest absolute Gasteiger partial charge is 0.121 e. The molecule has 0 bridgehead atoms. The van der Waals surface area contributed by atoms with Crippen LogP contribution in [0.5, 0.6) is 5.75 Å². The fourth-order valence-corrected chi connectivity index (χ4v) is 2.27. The van der Waals surface area contributed by atoms with Gasteiger partial charge in [-0.3, -0.25) is 0 Å². The molecule has 1 rings (SSSR count). The first-order chi connectivity index (χ1) is 10.3. The molecule has 4 nitrogen and oxygen atoms in total. The molecule has 1 aromatic carbocycles. The van der Waals surface area contributed by atoms with Crippen molar-refractivity contribution in [2.24, 2.45) is 5.92 Å². The zero-order valence-electron chi connectivity index (χ0n) is 12.8. The monoisotopic (exact) mass is 370 g/mol. The van der Waals surface area contributed by atoms with Gasteiger partial charge in [-0.1, -0.05) is 29.8 Å². The molecule has 0 radical (unpaired) electrons. The number of benzene rings is 1. The van der Waals surface area contributed by atoms with Gasteiger partial charge in [-0.15, -0.1) is 5.73 Å². The van der Waals surface area contributed by atoms with Crippen LogP contribution in [0.15, 0.2) is 40.1 Å². The van der Waals surface area contributed by atoms with Crippen molar-refractivity contribution in [3.8, 4) is 5.75 Å². The predicted molar refractivity (Wildman–Crippen MR) is 89.5 cm³/mol. The maximum Gasteiger partial charge on any atom is 0.121 e. The highest BCUT2D eigenvalue weighted by molar-refractivity contribution is 9.10. The summed E-state index contributed by atoms with van der Waals surface area (Å²) in [4.78, 5) is 0. The molecule has 0 heterocycles. The van der Waals surface area contributed by atoms with Crippen molar-refractivity contribution in [2.75, 3.05) is 6.61 Å². The zero-order chi connectivity index (χ0) is 16.7. The molecule has 0 aliphatic rings. The maximum atomic E-state index is 10.1. The van der Waals surface area contributed by atoms with E-state index in [0.29, 0.717) is 17.6 Å². The van der Waals surface area contributed by atoms with E-state index in [4.69, 9.17) is 0 Å². The molecule has 4 N–H and O–H groups in total. The number of hydrogen-bond acceptors (Lipinski definition) is 4. The first kappa shape index (κ1) is 18.9. The zero-order valence-corrected chi connectivity index (χ0v) is 14.4. The molecular formula is C17H23BrO4. The molecule has 122 valence electrons. The fourth-order valence-electron chi connectivity index (χ4n) is 1.89. The molecule has 1 aromatic rings. The molecular weight excluding hydrogens is 348 g/mol. The summed E-state index contributed by atoms with van der Waals surface area (Å²) in [6, 6.07) is 4.87. The summed E-state index contributed by atoms with van der Waals surface area (Å²) in [6.07, 6.45) is 0.833. The van der Waals surface area contributed by atoms with Gasteiger partial charge in [-0.05, 0) is 35.8 Å². The fraction of sp³-hybridized carbons (Fsp3) is 0.471. The number of halogens is 1. The molecule has 22 heavy (non-hydrogen) atoms. The molecule has 0 aliphatic heterocycles. The lowest BCUT2D eigenvalue weighted by atomic mass is 9.99. The Morgan fingerprint density at radius 3 is 2.59 bits per heavy atom. The van der Waals surface area contributed by atoms with Crippen molar-refractivity contribution >= 4 is 15.9 Å². The van der Waals surface area contributed by atoms with Gasteiger partial charge in [0.15, 0.2) is 0 Å². The highest BCUT2D eigenvalue weighted by atomic mass is 79.9. The summed E-state index contributed by atoms with van der Waals surface area (Å²) < 4.78 is 0.773. The van der Waals surface area contributed by atoms with Crippen LogP contribution in [-0.4, -0.2) is 33.1 Å². The average molecular weight is 371 g/mol. The number of aliphatic hydroxyl groups is 3. The highest BCUT2D eigenvalue weighted by Crippen LogP contribution is 2.29. The molecule has 0 aliphatic carbocycles. The van der Waals surface area contributed by atoms with E-state index in [9.17, 15) is 20.4 Å². The van der Waals surface area contributed by atoms with E-state index in [1.165, 1.54) is 6.07 Å². The van der Waals surface area contributed by atoms with E-state index in [1.807, 2.05) is 13.8 Å². The number of aromatic hydroxyl groups is 1. The minimum atomic E-state index is -0.861. The quantitative estimate of drug-likeness (QED) is 0.556. The molecule has 0 saturated carbocycles. The summed E-state index contributed by atoms with van der Waals surface area (Å²) in [5, 5.41) is 38.9. The maximum absolute atomic E-state index is 10.1. The van der Waals surface area contributed by atoms with Gasteiger partial charge in [0.2, 0.25) is 0 Å². The number of phenolic OH excluding ortho intramolecular Hbond substituents is 1. The van der Waals surface area contributed by atoms with E-state index in [-0.39, 0.29) is 24.7 Å². The topological polar surface area (TPSA) is 80.9 Å². The summed E-state index contributed by atoms with van der Waals surface area (Å²) in [6.45, 7) is 3.63. The molecule has 0 fully saturated rings. The van der Waals surface area contributed by atoms with Crippen molar-refractivity contribution in [3.05, 3.63) is 45.6 Å². The van der Waals surface area contributed by atoms with Crippen LogP contribution in [0.1, 0.15) is 38.4 Å². The summed E-state index contributed by atoms with van der Waals surface area (Å²) in [7, 11) is 0. The van der Waals surface area contributed by atoms with Gasteiger partial charge >= 0.3 is 0 Å². The van der Waals surface area contributed by atoms with E-state index in [0.717, 1.165) is 4.47 Å². The molecule has 5 heteroatoms. The third-order valence-electron chi connectivity index (χ3n) is 3.41. The van der Waals surface area contributed by atoms with Crippen LogP contribution in [-0.2, 0) is 0 Å². The number of hydrogen-bond donors (Lipinski definition) is 4. The van der Waals surface area contributed by atoms with Gasteiger partial charge in [0.05, 0.1) is 18.8 Å². The highest BCUT2D eigenvalue weighted by Gasteiger charge is 2.12. The summed E-state index contributed by atoms with van der Waals surface area (Å²) in [5.74, 6) is 0.137. The molecule has 0 unspecified atom stereocenters. The Labute approximate surface area is 139 Å².